The predicted molar refractivity (Wildman–Crippen MR) is 121 cm³/mol. The third kappa shape index (κ3) is 3.88. The van der Waals surface area contributed by atoms with Gasteiger partial charge in [-0.1, -0.05) is 98.8 Å². The maximum absolute atomic E-state index is 13.1. The van der Waals surface area contributed by atoms with Gasteiger partial charge >= 0.3 is 0 Å². The fraction of sp³-hybridized carbons (Fsp3) is 0.222. The maximum Gasteiger partial charge on any atom is 0.289 e. The van der Waals surface area contributed by atoms with Gasteiger partial charge in [0.25, 0.3) is 5.91 Å². The van der Waals surface area contributed by atoms with E-state index in [0.29, 0.717) is 18.0 Å². The monoisotopic (exact) mass is 397 g/mol. The van der Waals surface area contributed by atoms with E-state index in [1.54, 1.807) is 4.90 Å². The Morgan fingerprint density at radius 1 is 0.867 bits per heavy atom. The number of carbonyl (C=O) groups excluding carboxylic acids is 1. The van der Waals surface area contributed by atoms with E-state index in [1.807, 2.05) is 48.5 Å². The van der Waals surface area contributed by atoms with Crippen LogP contribution in [0.15, 0.2) is 90.7 Å². The fourth-order valence-corrected chi connectivity index (χ4v) is 4.10. The van der Waals surface area contributed by atoms with E-state index >= 15 is 0 Å². The van der Waals surface area contributed by atoms with E-state index in [1.165, 1.54) is 11.1 Å². The zero-order valence-electron chi connectivity index (χ0n) is 17.5. The van der Waals surface area contributed by atoms with E-state index in [2.05, 4.69) is 50.2 Å². The normalized spacial score (nSPS) is 16.6. The Morgan fingerprint density at radius 3 is 2.07 bits per heavy atom. The molecule has 0 fully saturated rings. The molecule has 3 aromatic rings. The molecular formula is C27H27NO2. The SMILES string of the molecule is CC(C)c1ccc(C2C(c3ccccc3)=C(O)C(=O)N2CCc2ccccc2)cc1. The van der Waals surface area contributed by atoms with Crippen molar-refractivity contribution in [3.05, 3.63) is 113 Å². The van der Waals surface area contributed by atoms with E-state index < -0.39 is 0 Å². The molecule has 1 aliphatic heterocycles. The van der Waals surface area contributed by atoms with Crippen LogP contribution in [-0.4, -0.2) is 22.5 Å². The Labute approximate surface area is 178 Å². The molecule has 0 saturated heterocycles. The number of hydrogen-bond acceptors (Lipinski definition) is 2. The first kappa shape index (κ1) is 20.0. The summed E-state index contributed by atoms with van der Waals surface area (Å²) in [5.41, 5.74) is 5.01. The molecule has 0 aromatic heterocycles. The van der Waals surface area contributed by atoms with Crippen molar-refractivity contribution in [1.82, 2.24) is 4.90 Å². The van der Waals surface area contributed by atoms with Crippen molar-refractivity contribution in [2.75, 3.05) is 6.54 Å². The highest BCUT2D eigenvalue weighted by molar-refractivity contribution is 6.05. The van der Waals surface area contributed by atoms with Gasteiger partial charge in [-0.2, -0.15) is 0 Å². The summed E-state index contributed by atoms with van der Waals surface area (Å²) < 4.78 is 0. The summed E-state index contributed by atoms with van der Waals surface area (Å²) >= 11 is 0. The highest BCUT2D eigenvalue weighted by Crippen LogP contribution is 2.43. The second-order valence-electron chi connectivity index (χ2n) is 8.09. The number of rotatable bonds is 6. The lowest BCUT2D eigenvalue weighted by atomic mass is 9.91. The standard InChI is InChI=1S/C27H27NO2/c1-19(2)21-13-15-23(16-14-21)25-24(22-11-7-4-8-12-22)26(29)27(30)28(25)18-17-20-9-5-3-6-10-20/h3-16,19,25,29H,17-18H2,1-2H3. The van der Waals surface area contributed by atoms with Crippen molar-refractivity contribution in [1.29, 1.82) is 0 Å². The van der Waals surface area contributed by atoms with Crippen LogP contribution in [0.4, 0.5) is 0 Å². The number of benzene rings is 3. The minimum Gasteiger partial charge on any atom is -0.503 e. The minimum atomic E-state index is -0.303. The van der Waals surface area contributed by atoms with Crippen molar-refractivity contribution in [3.63, 3.8) is 0 Å². The molecule has 3 nitrogen and oxygen atoms in total. The average molecular weight is 398 g/mol. The number of carbonyl (C=O) groups is 1. The zero-order chi connectivity index (χ0) is 21.1. The Bertz CT molecular complexity index is 1040. The Hall–Kier alpha value is -3.33. The lowest BCUT2D eigenvalue weighted by Gasteiger charge is -2.28. The van der Waals surface area contributed by atoms with Crippen LogP contribution in [0.2, 0.25) is 0 Å². The van der Waals surface area contributed by atoms with Gasteiger partial charge < -0.3 is 10.0 Å². The number of aliphatic hydroxyl groups is 1. The molecule has 1 heterocycles. The number of amides is 1. The summed E-state index contributed by atoms with van der Waals surface area (Å²) in [5, 5.41) is 10.8. The molecule has 3 aromatic carbocycles. The molecule has 1 amide bonds. The van der Waals surface area contributed by atoms with E-state index in [9.17, 15) is 9.90 Å². The summed E-state index contributed by atoms with van der Waals surface area (Å²) in [5.74, 6) is -0.00843. The summed E-state index contributed by atoms with van der Waals surface area (Å²) in [6.07, 6.45) is 0.739. The largest absolute Gasteiger partial charge is 0.503 e. The highest BCUT2D eigenvalue weighted by atomic mass is 16.3. The minimum absolute atomic E-state index is 0.146. The number of hydrogen-bond donors (Lipinski definition) is 1. The Balaban J connectivity index is 1.72. The molecule has 0 bridgehead atoms. The molecule has 1 atom stereocenters. The van der Waals surface area contributed by atoms with Crippen LogP contribution in [0.3, 0.4) is 0 Å². The van der Waals surface area contributed by atoms with Crippen LogP contribution in [0.25, 0.3) is 5.57 Å². The molecule has 0 saturated carbocycles. The molecule has 152 valence electrons. The van der Waals surface area contributed by atoms with Crippen LogP contribution >= 0.6 is 0 Å². The van der Waals surface area contributed by atoms with Gasteiger partial charge in [-0.05, 0) is 34.6 Å². The first-order valence-electron chi connectivity index (χ1n) is 10.5. The van der Waals surface area contributed by atoms with Gasteiger partial charge in [0.2, 0.25) is 0 Å². The van der Waals surface area contributed by atoms with Crippen molar-refractivity contribution in [3.8, 4) is 0 Å². The lowest BCUT2D eigenvalue weighted by Crippen LogP contribution is -2.32. The first-order valence-corrected chi connectivity index (χ1v) is 10.5. The molecule has 3 heteroatoms. The van der Waals surface area contributed by atoms with Crippen LogP contribution in [0.5, 0.6) is 0 Å². The van der Waals surface area contributed by atoms with Gasteiger partial charge in [-0.3, -0.25) is 4.79 Å². The van der Waals surface area contributed by atoms with Gasteiger partial charge in [0, 0.05) is 12.1 Å². The van der Waals surface area contributed by atoms with Gasteiger partial charge in [0.15, 0.2) is 5.76 Å². The molecule has 0 spiro atoms. The molecule has 1 N–H and O–H groups in total. The fourth-order valence-electron chi connectivity index (χ4n) is 4.10. The summed E-state index contributed by atoms with van der Waals surface area (Å²) in [4.78, 5) is 14.9. The first-order chi connectivity index (χ1) is 14.6. The van der Waals surface area contributed by atoms with Gasteiger partial charge in [-0.15, -0.1) is 0 Å². The van der Waals surface area contributed by atoms with Crippen molar-refractivity contribution < 1.29 is 9.90 Å². The highest BCUT2D eigenvalue weighted by Gasteiger charge is 2.40. The third-order valence-electron chi connectivity index (χ3n) is 5.79. The molecule has 1 unspecified atom stereocenters. The van der Waals surface area contributed by atoms with Crippen molar-refractivity contribution in [2.45, 2.75) is 32.2 Å². The zero-order valence-corrected chi connectivity index (χ0v) is 17.5. The second kappa shape index (κ2) is 8.58. The van der Waals surface area contributed by atoms with E-state index in [4.69, 9.17) is 0 Å². The molecule has 4 rings (SSSR count). The molecule has 30 heavy (non-hydrogen) atoms. The van der Waals surface area contributed by atoms with Crippen LogP contribution in [-0.2, 0) is 11.2 Å². The molecular weight excluding hydrogens is 370 g/mol. The quantitative estimate of drug-likeness (QED) is 0.562. The average Bonchev–Trinajstić information content (AvgIpc) is 3.04. The molecule has 0 radical (unpaired) electrons. The van der Waals surface area contributed by atoms with E-state index in [0.717, 1.165) is 17.5 Å². The van der Waals surface area contributed by atoms with Crippen molar-refractivity contribution in [2.24, 2.45) is 0 Å². The summed E-state index contributed by atoms with van der Waals surface area (Å²) in [6, 6.07) is 28.0. The second-order valence-corrected chi connectivity index (χ2v) is 8.09. The van der Waals surface area contributed by atoms with Crippen LogP contribution in [0, 0.1) is 0 Å². The number of aliphatic hydroxyl groups excluding tert-OH is 1. The summed E-state index contributed by atoms with van der Waals surface area (Å²) in [7, 11) is 0. The van der Waals surface area contributed by atoms with Gasteiger partial charge in [-0.25, -0.2) is 0 Å². The number of nitrogens with zero attached hydrogens (tertiary/aromatic N) is 1. The Morgan fingerprint density at radius 2 is 1.47 bits per heavy atom. The van der Waals surface area contributed by atoms with Gasteiger partial charge in [0.1, 0.15) is 0 Å². The van der Waals surface area contributed by atoms with Crippen LogP contribution in [0.1, 0.15) is 48.1 Å². The Kier molecular flexibility index (Phi) is 5.71. The smallest absolute Gasteiger partial charge is 0.289 e. The molecule has 1 aliphatic rings. The lowest BCUT2D eigenvalue weighted by molar-refractivity contribution is -0.129. The third-order valence-corrected chi connectivity index (χ3v) is 5.79. The topological polar surface area (TPSA) is 40.5 Å². The maximum atomic E-state index is 13.1. The van der Waals surface area contributed by atoms with Crippen LogP contribution < -0.4 is 0 Å². The van der Waals surface area contributed by atoms with Gasteiger partial charge in [0.05, 0.1) is 6.04 Å². The predicted octanol–water partition coefficient (Wildman–Crippen LogP) is 5.91. The van der Waals surface area contributed by atoms with Crippen molar-refractivity contribution >= 4 is 11.5 Å². The van der Waals surface area contributed by atoms with E-state index in [-0.39, 0.29) is 17.7 Å². The molecule has 0 aliphatic carbocycles. The summed E-state index contributed by atoms with van der Waals surface area (Å²) in [6.45, 7) is 4.88.